The molecule has 1 aromatic carbocycles. The molecule has 0 fully saturated rings. The first-order chi connectivity index (χ1) is 8.25. The van der Waals surface area contributed by atoms with Gasteiger partial charge in [0.15, 0.2) is 0 Å². The minimum Gasteiger partial charge on any atom is -0.478 e. The first-order valence-corrected chi connectivity index (χ1v) is 5.09. The SMILES string of the molecule is O=C(O)c1cnc(NCc2ccccc2)nc1. The number of hydrogen-bond donors (Lipinski definition) is 2. The normalized spacial score (nSPS) is 9.88. The van der Waals surface area contributed by atoms with Gasteiger partial charge in [0.2, 0.25) is 5.95 Å². The molecule has 17 heavy (non-hydrogen) atoms. The lowest BCUT2D eigenvalue weighted by molar-refractivity contribution is 0.0696. The van der Waals surface area contributed by atoms with Crippen molar-refractivity contribution < 1.29 is 9.90 Å². The summed E-state index contributed by atoms with van der Waals surface area (Å²) < 4.78 is 0. The van der Waals surface area contributed by atoms with Crippen LogP contribution in [0.3, 0.4) is 0 Å². The zero-order valence-electron chi connectivity index (χ0n) is 9.00. The van der Waals surface area contributed by atoms with E-state index >= 15 is 0 Å². The summed E-state index contributed by atoms with van der Waals surface area (Å²) >= 11 is 0. The highest BCUT2D eigenvalue weighted by Crippen LogP contribution is 2.04. The first-order valence-electron chi connectivity index (χ1n) is 5.09. The molecule has 0 unspecified atom stereocenters. The Kier molecular flexibility index (Phi) is 3.30. The molecule has 1 heterocycles. The van der Waals surface area contributed by atoms with Crippen molar-refractivity contribution in [3.8, 4) is 0 Å². The number of carbonyl (C=O) groups is 1. The van der Waals surface area contributed by atoms with Gasteiger partial charge in [-0.05, 0) is 5.56 Å². The van der Waals surface area contributed by atoms with Crippen molar-refractivity contribution in [2.45, 2.75) is 6.54 Å². The van der Waals surface area contributed by atoms with Gasteiger partial charge in [0, 0.05) is 18.9 Å². The highest BCUT2D eigenvalue weighted by atomic mass is 16.4. The summed E-state index contributed by atoms with van der Waals surface area (Å²) in [5.74, 6) is -0.613. The van der Waals surface area contributed by atoms with Crippen molar-refractivity contribution >= 4 is 11.9 Å². The van der Waals surface area contributed by atoms with Crippen molar-refractivity contribution in [3.63, 3.8) is 0 Å². The zero-order chi connectivity index (χ0) is 12.1. The fraction of sp³-hybridized carbons (Fsp3) is 0.0833. The van der Waals surface area contributed by atoms with Crippen LogP contribution in [0.5, 0.6) is 0 Å². The topological polar surface area (TPSA) is 75.1 Å². The molecule has 2 aromatic rings. The molecule has 0 bridgehead atoms. The monoisotopic (exact) mass is 229 g/mol. The van der Waals surface area contributed by atoms with E-state index in [2.05, 4.69) is 15.3 Å². The van der Waals surface area contributed by atoms with Crippen molar-refractivity contribution in [3.05, 3.63) is 53.9 Å². The second kappa shape index (κ2) is 5.07. The molecule has 2 N–H and O–H groups in total. The zero-order valence-corrected chi connectivity index (χ0v) is 9.00. The first kappa shape index (κ1) is 11.1. The van der Waals surface area contributed by atoms with Crippen LogP contribution in [0.25, 0.3) is 0 Å². The van der Waals surface area contributed by atoms with Crippen molar-refractivity contribution in [2.24, 2.45) is 0 Å². The molecule has 86 valence electrons. The molecular weight excluding hydrogens is 218 g/mol. The van der Waals surface area contributed by atoms with Gasteiger partial charge in [0.25, 0.3) is 0 Å². The fourth-order valence-corrected chi connectivity index (χ4v) is 1.31. The van der Waals surface area contributed by atoms with Crippen LogP contribution < -0.4 is 5.32 Å². The Balaban J connectivity index is 1.98. The second-order valence-electron chi connectivity index (χ2n) is 3.44. The number of nitrogens with zero attached hydrogens (tertiary/aromatic N) is 2. The Bertz CT molecular complexity index is 497. The maximum atomic E-state index is 10.6. The third kappa shape index (κ3) is 3.01. The Hall–Kier alpha value is -2.43. The molecule has 0 saturated carbocycles. The Labute approximate surface area is 98.2 Å². The number of rotatable bonds is 4. The summed E-state index contributed by atoms with van der Waals surface area (Å²) in [7, 11) is 0. The summed E-state index contributed by atoms with van der Waals surface area (Å²) in [6.07, 6.45) is 2.56. The fourth-order valence-electron chi connectivity index (χ4n) is 1.31. The molecule has 5 nitrogen and oxygen atoms in total. The molecule has 0 spiro atoms. The quantitative estimate of drug-likeness (QED) is 0.835. The van der Waals surface area contributed by atoms with Gasteiger partial charge in [-0.15, -0.1) is 0 Å². The van der Waals surface area contributed by atoms with Crippen LogP contribution in [0, 0.1) is 0 Å². The van der Waals surface area contributed by atoms with Gasteiger partial charge in [-0.3, -0.25) is 0 Å². The van der Waals surface area contributed by atoms with Gasteiger partial charge in [0.05, 0.1) is 5.56 Å². The van der Waals surface area contributed by atoms with E-state index in [4.69, 9.17) is 5.11 Å². The lowest BCUT2D eigenvalue weighted by Gasteiger charge is -2.04. The third-order valence-electron chi connectivity index (χ3n) is 2.19. The minimum atomic E-state index is -1.03. The molecule has 0 amide bonds. The molecule has 0 radical (unpaired) electrons. The molecule has 0 atom stereocenters. The largest absolute Gasteiger partial charge is 0.478 e. The van der Waals surface area contributed by atoms with Crippen molar-refractivity contribution in [1.82, 2.24) is 9.97 Å². The van der Waals surface area contributed by atoms with Crippen molar-refractivity contribution in [1.29, 1.82) is 0 Å². The Morgan fingerprint density at radius 3 is 2.41 bits per heavy atom. The van der Waals surface area contributed by atoms with Gasteiger partial charge in [-0.25, -0.2) is 14.8 Å². The maximum absolute atomic E-state index is 10.6. The average molecular weight is 229 g/mol. The van der Waals surface area contributed by atoms with E-state index in [1.54, 1.807) is 0 Å². The summed E-state index contributed by atoms with van der Waals surface area (Å²) in [5.41, 5.74) is 1.19. The van der Waals surface area contributed by atoms with Crippen LogP contribution in [0.2, 0.25) is 0 Å². The van der Waals surface area contributed by atoms with E-state index in [1.165, 1.54) is 12.4 Å². The van der Waals surface area contributed by atoms with Gasteiger partial charge >= 0.3 is 5.97 Å². The van der Waals surface area contributed by atoms with E-state index in [0.29, 0.717) is 12.5 Å². The van der Waals surface area contributed by atoms with E-state index in [9.17, 15) is 4.79 Å². The van der Waals surface area contributed by atoms with Gasteiger partial charge < -0.3 is 10.4 Å². The highest BCUT2D eigenvalue weighted by molar-refractivity contribution is 5.86. The third-order valence-corrected chi connectivity index (χ3v) is 2.19. The van der Waals surface area contributed by atoms with E-state index in [1.807, 2.05) is 30.3 Å². The number of anilines is 1. The van der Waals surface area contributed by atoms with Crippen LogP contribution >= 0.6 is 0 Å². The van der Waals surface area contributed by atoms with Gasteiger partial charge in [0.1, 0.15) is 0 Å². The average Bonchev–Trinajstić information content (AvgIpc) is 2.38. The molecule has 0 aliphatic heterocycles. The Morgan fingerprint density at radius 2 is 1.82 bits per heavy atom. The number of benzene rings is 1. The van der Waals surface area contributed by atoms with Gasteiger partial charge in [-0.2, -0.15) is 0 Å². The predicted molar refractivity (Wildman–Crippen MR) is 62.8 cm³/mol. The summed E-state index contributed by atoms with van der Waals surface area (Å²) in [6, 6.07) is 9.82. The summed E-state index contributed by atoms with van der Waals surface area (Å²) in [4.78, 5) is 18.4. The van der Waals surface area contributed by atoms with Crippen LogP contribution in [0.4, 0.5) is 5.95 Å². The molecule has 0 saturated heterocycles. The molecule has 0 aliphatic carbocycles. The standard InChI is InChI=1S/C12H11N3O2/c16-11(17)10-7-14-12(15-8-10)13-6-9-4-2-1-3-5-9/h1-5,7-8H,6H2,(H,16,17)(H,13,14,15). The molecule has 2 rings (SSSR count). The van der Waals surface area contributed by atoms with Gasteiger partial charge in [-0.1, -0.05) is 30.3 Å². The summed E-state index contributed by atoms with van der Waals surface area (Å²) in [6.45, 7) is 0.604. The number of aromatic carboxylic acids is 1. The van der Waals surface area contributed by atoms with E-state index in [-0.39, 0.29) is 5.56 Å². The van der Waals surface area contributed by atoms with E-state index < -0.39 is 5.97 Å². The molecule has 1 aromatic heterocycles. The van der Waals surface area contributed by atoms with Crippen LogP contribution in [-0.4, -0.2) is 21.0 Å². The smallest absolute Gasteiger partial charge is 0.338 e. The lowest BCUT2D eigenvalue weighted by atomic mass is 10.2. The minimum absolute atomic E-state index is 0.0789. The predicted octanol–water partition coefficient (Wildman–Crippen LogP) is 1.79. The molecular formula is C12H11N3O2. The number of aromatic nitrogens is 2. The van der Waals surface area contributed by atoms with Crippen LogP contribution in [0.1, 0.15) is 15.9 Å². The maximum Gasteiger partial charge on any atom is 0.338 e. The van der Waals surface area contributed by atoms with Crippen LogP contribution in [0.15, 0.2) is 42.7 Å². The number of hydrogen-bond acceptors (Lipinski definition) is 4. The lowest BCUT2D eigenvalue weighted by Crippen LogP contribution is -2.05. The highest BCUT2D eigenvalue weighted by Gasteiger charge is 2.03. The van der Waals surface area contributed by atoms with Crippen molar-refractivity contribution in [2.75, 3.05) is 5.32 Å². The molecule has 5 heteroatoms. The van der Waals surface area contributed by atoms with Crippen LogP contribution in [-0.2, 0) is 6.54 Å². The van der Waals surface area contributed by atoms with E-state index in [0.717, 1.165) is 5.56 Å². The Morgan fingerprint density at radius 1 is 1.18 bits per heavy atom. The second-order valence-corrected chi connectivity index (χ2v) is 3.44. The summed E-state index contributed by atoms with van der Waals surface area (Å²) in [5, 5.41) is 11.7. The number of carboxylic acid groups (broad SMARTS) is 1. The number of nitrogens with one attached hydrogen (secondary N) is 1. The number of carboxylic acids is 1. The molecule has 0 aliphatic rings.